The van der Waals surface area contributed by atoms with E-state index in [0.29, 0.717) is 11.3 Å². The van der Waals surface area contributed by atoms with Crippen LogP contribution >= 0.6 is 0 Å². The van der Waals surface area contributed by atoms with E-state index in [4.69, 9.17) is 4.42 Å². The Kier molecular flexibility index (Phi) is 5.14. The molecule has 0 bridgehead atoms. The second kappa shape index (κ2) is 7.34. The summed E-state index contributed by atoms with van der Waals surface area (Å²) in [6, 6.07) is 14.5. The lowest BCUT2D eigenvalue weighted by Crippen LogP contribution is -2.23. The molecule has 0 saturated heterocycles. The maximum Gasteiger partial charge on any atom is 0.339 e. The monoisotopic (exact) mass is 351 g/mol. The normalized spacial score (nSPS) is 12.7. The molecule has 0 radical (unpaired) electrons. The number of likely N-dealkylation sites (N-methyl/N-ethyl adjacent to an activating group) is 1. The molecular weight excluding hydrogens is 326 g/mol. The zero-order valence-corrected chi connectivity index (χ0v) is 15.7. The van der Waals surface area contributed by atoms with Crippen LogP contribution in [0.3, 0.4) is 0 Å². The van der Waals surface area contributed by atoms with Crippen LogP contribution in [0.1, 0.15) is 45.8 Å². The average molecular weight is 351 g/mol. The number of carboxylic acids is 1. The molecule has 0 aliphatic carbocycles. The molecule has 0 aliphatic rings. The highest BCUT2D eigenvalue weighted by Crippen LogP contribution is 2.35. The van der Waals surface area contributed by atoms with Crippen LogP contribution in [-0.4, -0.2) is 30.1 Å². The first-order valence-electron chi connectivity index (χ1n) is 8.92. The van der Waals surface area contributed by atoms with Gasteiger partial charge in [-0.05, 0) is 56.6 Å². The SMILES string of the molecule is CCc1c(C(Cc2ccccc2)N(C)C)ccc2oc(C)c(C(=O)O)c12. The molecule has 136 valence electrons. The average Bonchev–Trinajstić information content (AvgIpc) is 2.95. The number of benzene rings is 2. The third-order valence-corrected chi connectivity index (χ3v) is 5.00. The van der Waals surface area contributed by atoms with E-state index in [1.165, 1.54) is 5.56 Å². The summed E-state index contributed by atoms with van der Waals surface area (Å²) < 4.78 is 5.72. The van der Waals surface area contributed by atoms with E-state index < -0.39 is 5.97 Å². The minimum atomic E-state index is -0.933. The molecule has 1 heterocycles. The van der Waals surface area contributed by atoms with Gasteiger partial charge in [0.15, 0.2) is 0 Å². The molecule has 1 N–H and O–H groups in total. The first-order chi connectivity index (χ1) is 12.4. The lowest BCUT2D eigenvalue weighted by atomic mass is 9.89. The summed E-state index contributed by atoms with van der Waals surface area (Å²) in [6.07, 6.45) is 1.62. The van der Waals surface area contributed by atoms with Crippen LogP contribution in [0.2, 0.25) is 0 Å². The van der Waals surface area contributed by atoms with Crippen molar-refractivity contribution < 1.29 is 14.3 Å². The number of furan rings is 1. The van der Waals surface area contributed by atoms with Crippen molar-refractivity contribution in [1.29, 1.82) is 0 Å². The van der Waals surface area contributed by atoms with Gasteiger partial charge in [0.1, 0.15) is 16.9 Å². The fraction of sp³-hybridized carbons (Fsp3) is 0.318. The van der Waals surface area contributed by atoms with E-state index in [1.54, 1.807) is 6.92 Å². The van der Waals surface area contributed by atoms with Crippen LogP contribution in [0, 0.1) is 6.92 Å². The minimum Gasteiger partial charge on any atom is -0.478 e. The Morgan fingerprint density at radius 3 is 2.42 bits per heavy atom. The van der Waals surface area contributed by atoms with E-state index in [1.807, 2.05) is 24.3 Å². The summed E-state index contributed by atoms with van der Waals surface area (Å²) in [5.41, 5.74) is 4.42. The van der Waals surface area contributed by atoms with E-state index in [2.05, 4.69) is 44.1 Å². The maximum atomic E-state index is 11.8. The van der Waals surface area contributed by atoms with Crippen LogP contribution in [-0.2, 0) is 12.8 Å². The van der Waals surface area contributed by atoms with Crippen LogP contribution < -0.4 is 0 Å². The smallest absolute Gasteiger partial charge is 0.339 e. The lowest BCUT2D eigenvalue weighted by molar-refractivity contribution is 0.0697. The highest BCUT2D eigenvalue weighted by Gasteiger charge is 2.25. The van der Waals surface area contributed by atoms with Gasteiger partial charge in [-0.2, -0.15) is 0 Å². The molecular formula is C22H25NO3. The van der Waals surface area contributed by atoms with Crippen molar-refractivity contribution in [2.75, 3.05) is 14.1 Å². The lowest BCUT2D eigenvalue weighted by Gasteiger charge is -2.27. The minimum absolute atomic E-state index is 0.161. The second-order valence-electron chi connectivity index (χ2n) is 6.87. The summed E-state index contributed by atoms with van der Waals surface area (Å²) >= 11 is 0. The van der Waals surface area contributed by atoms with Crippen molar-refractivity contribution in [3.63, 3.8) is 0 Å². The summed E-state index contributed by atoms with van der Waals surface area (Å²) in [4.78, 5) is 14.0. The molecule has 2 aromatic carbocycles. The Bertz CT molecular complexity index is 925. The second-order valence-corrected chi connectivity index (χ2v) is 6.87. The fourth-order valence-corrected chi connectivity index (χ4v) is 3.75. The number of hydrogen-bond acceptors (Lipinski definition) is 3. The number of carboxylic acid groups (broad SMARTS) is 1. The third kappa shape index (κ3) is 3.25. The van der Waals surface area contributed by atoms with Crippen LogP contribution in [0.4, 0.5) is 0 Å². The zero-order valence-electron chi connectivity index (χ0n) is 15.7. The molecule has 3 aromatic rings. The molecule has 3 rings (SSSR count). The molecule has 0 fully saturated rings. The van der Waals surface area contributed by atoms with Crippen molar-refractivity contribution in [3.05, 3.63) is 70.5 Å². The van der Waals surface area contributed by atoms with Gasteiger partial charge in [0.2, 0.25) is 0 Å². The van der Waals surface area contributed by atoms with Crippen LogP contribution in [0.5, 0.6) is 0 Å². The van der Waals surface area contributed by atoms with Gasteiger partial charge >= 0.3 is 5.97 Å². The van der Waals surface area contributed by atoms with Crippen molar-refractivity contribution in [2.24, 2.45) is 0 Å². The molecule has 4 nitrogen and oxygen atoms in total. The van der Waals surface area contributed by atoms with E-state index in [0.717, 1.165) is 29.4 Å². The largest absolute Gasteiger partial charge is 0.478 e. The van der Waals surface area contributed by atoms with Crippen LogP contribution in [0.15, 0.2) is 46.9 Å². The Morgan fingerprint density at radius 1 is 1.15 bits per heavy atom. The van der Waals surface area contributed by atoms with E-state index in [9.17, 15) is 9.90 Å². The first kappa shape index (κ1) is 18.2. The summed E-state index contributed by atoms with van der Waals surface area (Å²) in [7, 11) is 4.13. The number of fused-ring (bicyclic) bond motifs is 1. The number of hydrogen-bond donors (Lipinski definition) is 1. The molecule has 26 heavy (non-hydrogen) atoms. The van der Waals surface area contributed by atoms with Crippen molar-refractivity contribution in [1.82, 2.24) is 4.90 Å². The predicted octanol–water partition coefficient (Wildman–Crippen LogP) is 4.85. The molecule has 1 aromatic heterocycles. The van der Waals surface area contributed by atoms with Gasteiger partial charge in [0.05, 0.1) is 0 Å². The Hall–Kier alpha value is -2.59. The third-order valence-electron chi connectivity index (χ3n) is 5.00. The highest BCUT2D eigenvalue weighted by molar-refractivity contribution is 6.05. The zero-order chi connectivity index (χ0) is 18.8. The highest BCUT2D eigenvalue weighted by atomic mass is 16.4. The number of aromatic carboxylic acids is 1. The Labute approximate surface area is 154 Å². The van der Waals surface area contributed by atoms with Gasteiger partial charge in [-0.25, -0.2) is 4.79 Å². The number of aryl methyl sites for hydroxylation is 2. The van der Waals surface area contributed by atoms with Gasteiger partial charge in [-0.15, -0.1) is 0 Å². The number of rotatable bonds is 6. The van der Waals surface area contributed by atoms with Gasteiger partial charge in [0.25, 0.3) is 0 Å². The molecule has 4 heteroatoms. The van der Waals surface area contributed by atoms with Crippen molar-refractivity contribution in [2.45, 2.75) is 32.7 Å². The van der Waals surface area contributed by atoms with Gasteiger partial charge in [-0.1, -0.05) is 43.3 Å². The van der Waals surface area contributed by atoms with Gasteiger partial charge < -0.3 is 14.4 Å². The Morgan fingerprint density at radius 2 is 1.85 bits per heavy atom. The van der Waals surface area contributed by atoms with Gasteiger partial charge in [-0.3, -0.25) is 0 Å². The summed E-state index contributed by atoms with van der Waals surface area (Å²) in [6.45, 7) is 3.79. The predicted molar refractivity (Wildman–Crippen MR) is 104 cm³/mol. The first-order valence-corrected chi connectivity index (χ1v) is 8.92. The summed E-state index contributed by atoms with van der Waals surface area (Å²) in [5.74, 6) is -0.471. The number of carbonyl (C=O) groups is 1. The molecule has 0 amide bonds. The fourth-order valence-electron chi connectivity index (χ4n) is 3.75. The topological polar surface area (TPSA) is 53.7 Å². The molecule has 0 spiro atoms. The van der Waals surface area contributed by atoms with E-state index >= 15 is 0 Å². The number of nitrogens with zero attached hydrogens (tertiary/aromatic N) is 1. The molecule has 0 saturated carbocycles. The van der Waals surface area contributed by atoms with Crippen molar-refractivity contribution >= 4 is 16.9 Å². The molecule has 1 atom stereocenters. The van der Waals surface area contributed by atoms with E-state index in [-0.39, 0.29) is 11.6 Å². The van der Waals surface area contributed by atoms with Crippen LogP contribution in [0.25, 0.3) is 11.0 Å². The standard InChI is InChI=1S/C22H25NO3/c1-5-16-17(18(23(3)4)13-15-9-7-6-8-10-15)11-12-19-21(16)20(22(24)25)14(2)26-19/h6-12,18H,5,13H2,1-4H3,(H,24,25). The molecule has 1 unspecified atom stereocenters. The maximum absolute atomic E-state index is 11.8. The van der Waals surface area contributed by atoms with Gasteiger partial charge in [0, 0.05) is 11.4 Å². The van der Waals surface area contributed by atoms with Crippen molar-refractivity contribution in [3.8, 4) is 0 Å². The summed E-state index contributed by atoms with van der Waals surface area (Å²) in [5, 5.41) is 10.4. The quantitative estimate of drug-likeness (QED) is 0.690. The molecule has 0 aliphatic heterocycles. The Balaban J connectivity index is 2.18.